The monoisotopic (exact) mass is 321 g/mol. The molecule has 23 heavy (non-hydrogen) atoms. The van der Waals surface area contributed by atoms with Crippen LogP contribution in [0.5, 0.6) is 0 Å². The van der Waals surface area contributed by atoms with Crippen LogP contribution in [0.15, 0.2) is 29.3 Å². The molecule has 1 amide bonds. The highest BCUT2D eigenvalue weighted by Crippen LogP contribution is 2.11. The molecule has 2 rings (SSSR count). The molecular weight excluding hydrogens is 297 g/mol. The van der Waals surface area contributed by atoms with Crippen molar-refractivity contribution in [1.29, 1.82) is 0 Å². The first-order valence-corrected chi connectivity index (χ1v) is 7.84. The van der Waals surface area contributed by atoms with Gasteiger partial charge >= 0.3 is 6.09 Å². The molecule has 0 unspecified atom stereocenters. The van der Waals surface area contributed by atoms with Gasteiger partial charge in [0.25, 0.3) is 0 Å². The number of carbonyl (C=O) groups is 1. The Bertz CT molecular complexity index is 581. The summed E-state index contributed by atoms with van der Waals surface area (Å²) in [5, 5.41) is 3.18. The summed E-state index contributed by atoms with van der Waals surface area (Å²) in [6, 6.07) is 6.72. The van der Waals surface area contributed by atoms with E-state index in [0.29, 0.717) is 38.2 Å². The van der Waals surface area contributed by atoms with Crippen molar-refractivity contribution in [3.8, 4) is 0 Å². The van der Waals surface area contributed by atoms with E-state index in [1.807, 2.05) is 26.8 Å². The molecule has 5 nitrogen and oxygen atoms in total. The van der Waals surface area contributed by atoms with Gasteiger partial charge in [-0.1, -0.05) is 18.2 Å². The first kappa shape index (κ1) is 17.2. The molecule has 0 aromatic heterocycles. The number of nitrogens with zero attached hydrogens (tertiary/aromatic N) is 2. The topological polar surface area (TPSA) is 53.9 Å². The smallest absolute Gasteiger partial charge is 0.410 e. The molecule has 1 aliphatic heterocycles. The molecule has 1 aliphatic rings. The second-order valence-electron chi connectivity index (χ2n) is 6.50. The van der Waals surface area contributed by atoms with Crippen molar-refractivity contribution in [3.63, 3.8) is 0 Å². The Morgan fingerprint density at radius 3 is 2.83 bits per heavy atom. The third-order valence-corrected chi connectivity index (χ3v) is 3.35. The van der Waals surface area contributed by atoms with Gasteiger partial charge in [0.15, 0.2) is 0 Å². The van der Waals surface area contributed by atoms with Crippen LogP contribution >= 0.6 is 0 Å². The summed E-state index contributed by atoms with van der Waals surface area (Å²) in [5.74, 6) is 0.536. The van der Waals surface area contributed by atoms with E-state index in [0.717, 1.165) is 5.84 Å². The van der Waals surface area contributed by atoms with Gasteiger partial charge in [-0.15, -0.1) is 0 Å². The summed E-state index contributed by atoms with van der Waals surface area (Å²) in [6.45, 7) is 7.59. The maximum atomic E-state index is 13.6. The predicted octanol–water partition coefficient (Wildman–Crippen LogP) is 2.61. The maximum Gasteiger partial charge on any atom is 0.410 e. The number of amidine groups is 1. The fourth-order valence-corrected chi connectivity index (χ4v) is 2.25. The highest BCUT2D eigenvalue weighted by Gasteiger charge is 2.24. The van der Waals surface area contributed by atoms with Crippen molar-refractivity contribution < 1.29 is 13.9 Å². The lowest BCUT2D eigenvalue weighted by molar-refractivity contribution is 0.0276. The highest BCUT2D eigenvalue weighted by atomic mass is 19.1. The second-order valence-corrected chi connectivity index (χ2v) is 6.50. The lowest BCUT2D eigenvalue weighted by Gasteiger charge is -2.30. The summed E-state index contributed by atoms with van der Waals surface area (Å²) in [5.41, 5.74) is 0.157. The van der Waals surface area contributed by atoms with E-state index in [1.54, 1.807) is 17.0 Å². The number of nitrogens with one attached hydrogen (secondary N) is 1. The van der Waals surface area contributed by atoms with Crippen LogP contribution < -0.4 is 5.32 Å². The molecule has 0 radical (unpaired) electrons. The van der Waals surface area contributed by atoms with Gasteiger partial charge in [0.1, 0.15) is 17.3 Å². The predicted molar refractivity (Wildman–Crippen MR) is 88.2 cm³/mol. The van der Waals surface area contributed by atoms with Crippen molar-refractivity contribution in [1.82, 2.24) is 10.2 Å². The van der Waals surface area contributed by atoms with Crippen molar-refractivity contribution >= 4 is 11.9 Å². The minimum atomic E-state index is -0.510. The van der Waals surface area contributed by atoms with E-state index in [-0.39, 0.29) is 11.9 Å². The Kier molecular flexibility index (Phi) is 5.58. The van der Waals surface area contributed by atoms with Gasteiger partial charge in [-0.3, -0.25) is 9.89 Å². The molecule has 0 bridgehead atoms. The number of hydrogen-bond donors (Lipinski definition) is 1. The van der Waals surface area contributed by atoms with Gasteiger partial charge in [0.2, 0.25) is 0 Å². The van der Waals surface area contributed by atoms with E-state index < -0.39 is 5.60 Å². The zero-order valence-corrected chi connectivity index (χ0v) is 13.9. The van der Waals surface area contributed by atoms with E-state index >= 15 is 0 Å². The minimum absolute atomic E-state index is 0.199. The lowest BCUT2D eigenvalue weighted by atomic mass is 10.1. The Morgan fingerprint density at radius 1 is 1.39 bits per heavy atom. The van der Waals surface area contributed by atoms with Crippen LogP contribution in [0.1, 0.15) is 26.3 Å². The number of carbonyl (C=O) groups excluding carboxylic acids is 1. The van der Waals surface area contributed by atoms with Gasteiger partial charge in [0, 0.05) is 13.1 Å². The van der Waals surface area contributed by atoms with E-state index in [9.17, 15) is 9.18 Å². The zero-order chi connectivity index (χ0) is 16.9. The number of amides is 1. The molecule has 1 aromatic carbocycles. The molecule has 126 valence electrons. The molecule has 6 heteroatoms. The summed E-state index contributed by atoms with van der Waals surface area (Å²) >= 11 is 0. The Labute approximate surface area is 136 Å². The lowest BCUT2D eigenvalue weighted by Crippen LogP contribution is -2.47. The molecular formula is C17H24FN3O2. The normalized spacial score (nSPS) is 15.1. The second kappa shape index (κ2) is 7.44. The van der Waals surface area contributed by atoms with Crippen LogP contribution in [0, 0.1) is 5.82 Å². The van der Waals surface area contributed by atoms with Crippen LogP contribution in [0.3, 0.4) is 0 Å². The molecule has 1 N–H and O–H groups in total. The van der Waals surface area contributed by atoms with Crippen molar-refractivity contribution in [2.24, 2.45) is 4.99 Å². The van der Waals surface area contributed by atoms with Crippen LogP contribution in [-0.4, -0.2) is 48.6 Å². The first-order chi connectivity index (χ1) is 10.8. The van der Waals surface area contributed by atoms with Gasteiger partial charge in [-0.05, 0) is 38.8 Å². The molecule has 0 saturated carbocycles. The zero-order valence-electron chi connectivity index (χ0n) is 13.9. The average molecular weight is 321 g/mol. The quantitative estimate of drug-likeness (QED) is 0.931. The maximum absolute atomic E-state index is 13.6. The Hall–Kier alpha value is -2.11. The standard InChI is InChI=1S/C17H24FN3O2/c1-17(2,3)23-16(22)21-11-10-20-15(12-21)19-9-8-13-6-4-5-7-14(13)18/h4-7H,8-12H2,1-3H3,(H,19,20). The van der Waals surface area contributed by atoms with Crippen LogP contribution in [0.4, 0.5) is 9.18 Å². The number of benzene rings is 1. The fourth-order valence-electron chi connectivity index (χ4n) is 2.25. The number of rotatable bonds is 3. The van der Waals surface area contributed by atoms with Crippen molar-refractivity contribution in [2.75, 3.05) is 26.2 Å². The minimum Gasteiger partial charge on any atom is -0.444 e. The molecule has 0 spiro atoms. The SMILES string of the molecule is CC(C)(C)OC(=O)N1CCN=C(NCCc2ccccc2F)C1. The van der Waals surface area contributed by atoms with Gasteiger partial charge in [-0.25, -0.2) is 9.18 Å². The largest absolute Gasteiger partial charge is 0.444 e. The summed E-state index contributed by atoms with van der Waals surface area (Å²) in [4.78, 5) is 18.1. The van der Waals surface area contributed by atoms with Crippen LogP contribution in [0.25, 0.3) is 0 Å². The summed E-state index contributed by atoms with van der Waals surface area (Å²) in [7, 11) is 0. The van der Waals surface area contributed by atoms with E-state index in [2.05, 4.69) is 10.3 Å². The molecule has 0 fully saturated rings. The molecule has 0 aliphatic carbocycles. The van der Waals surface area contributed by atoms with Crippen LogP contribution in [-0.2, 0) is 11.2 Å². The van der Waals surface area contributed by atoms with Crippen molar-refractivity contribution in [2.45, 2.75) is 32.8 Å². The van der Waals surface area contributed by atoms with E-state index in [4.69, 9.17) is 4.74 Å². The number of halogens is 1. The summed E-state index contributed by atoms with van der Waals surface area (Å²) < 4.78 is 18.9. The van der Waals surface area contributed by atoms with Crippen molar-refractivity contribution in [3.05, 3.63) is 35.6 Å². The third kappa shape index (κ3) is 5.54. The molecule has 1 aromatic rings. The van der Waals surface area contributed by atoms with Gasteiger partial charge in [0.05, 0.1) is 13.1 Å². The van der Waals surface area contributed by atoms with Crippen LogP contribution in [0.2, 0.25) is 0 Å². The highest BCUT2D eigenvalue weighted by molar-refractivity contribution is 5.87. The van der Waals surface area contributed by atoms with E-state index in [1.165, 1.54) is 6.07 Å². The molecule has 1 heterocycles. The molecule has 0 atom stereocenters. The molecule has 0 saturated heterocycles. The fraction of sp³-hybridized carbons (Fsp3) is 0.529. The van der Waals surface area contributed by atoms with Gasteiger partial charge in [-0.2, -0.15) is 0 Å². The number of aliphatic imine (C=N–C) groups is 1. The number of ether oxygens (including phenoxy) is 1. The third-order valence-electron chi connectivity index (χ3n) is 3.35. The van der Waals surface area contributed by atoms with Gasteiger partial charge < -0.3 is 10.1 Å². The first-order valence-electron chi connectivity index (χ1n) is 7.84. The average Bonchev–Trinajstić information content (AvgIpc) is 2.48. The Balaban J connectivity index is 1.81. The number of hydrogen-bond acceptors (Lipinski definition) is 4. The Morgan fingerprint density at radius 2 is 2.13 bits per heavy atom. The summed E-state index contributed by atoms with van der Waals surface area (Å²) in [6.07, 6.45) is 0.235.